The van der Waals surface area contributed by atoms with Crippen molar-refractivity contribution in [3.8, 4) is 0 Å². The van der Waals surface area contributed by atoms with Gasteiger partial charge in [-0.05, 0) is 42.2 Å². The van der Waals surface area contributed by atoms with E-state index in [-0.39, 0.29) is 5.41 Å². The van der Waals surface area contributed by atoms with Gasteiger partial charge in [0.1, 0.15) is 0 Å². The van der Waals surface area contributed by atoms with Gasteiger partial charge >= 0.3 is 0 Å². The van der Waals surface area contributed by atoms with E-state index in [2.05, 4.69) is 53.7 Å². The van der Waals surface area contributed by atoms with Crippen molar-refractivity contribution in [2.75, 3.05) is 0 Å². The maximum absolute atomic E-state index is 4.90. The molecule has 1 aliphatic carbocycles. The van der Waals surface area contributed by atoms with Gasteiger partial charge in [0.15, 0.2) is 0 Å². The molecule has 0 saturated carbocycles. The minimum absolute atomic E-state index is 0.163. The number of pyridine rings is 1. The van der Waals surface area contributed by atoms with Gasteiger partial charge in [-0.25, -0.2) is 0 Å². The van der Waals surface area contributed by atoms with E-state index in [1.54, 1.807) is 0 Å². The minimum Gasteiger partial charge on any atom is -0.257 e. The first kappa shape index (κ1) is 13.6. The first-order chi connectivity index (χ1) is 8.18. The minimum atomic E-state index is 0.163. The van der Waals surface area contributed by atoms with E-state index in [0.29, 0.717) is 5.41 Å². The Bertz CT molecular complexity index is 432. The summed E-state index contributed by atoms with van der Waals surface area (Å²) in [6, 6.07) is 4.55. The second-order valence-electron chi connectivity index (χ2n) is 7.86. The molecule has 100 valence electrons. The molecule has 0 amide bonds. The maximum Gasteiger partial charge on any atom is 0.0460 e. The van der Waals surface area contributed by atoms with Crippen LogP contribution in [0.3, 0.4) is 0 Å². The second-order valence-corrected chi connectivity index (χ2v) is 7.86. The lowest BCUT2D eigenvalue weighted by molar-refractivity contribution is 0.214. The van der Waals surface area contributed by atoms with Gasteiger partial charge in [0.05, 0.1) is 0 Å². The van der Waals surface area contributed by atoms with Gasteiger partial charge in [0.25, 0.3) is 0 Å². The van der Waals surface area contributed by atoms with Crippen LogP contribution >= 0.6 is 0 Å². The molecule has 0 spiro atoms. The van der Waals surface area contributed by atoms with Crippen molar-refractivity contribution < 1.29 is 0 Å². The zero-order valence-electron chi connectivity index (χ0n) is 12.8. The third-order valence-corrected chi connectivity index (χ3v) is 4.26. The first-order valence-corrected chi connectivity index (χ1v) is 7.17. The molecule has 1 unspecified atom stereocenters. The summed E-state index contributed by atoms with van der Waals surface area (Å²) in [5.41, 5.74) is 4.64. The number of hydrogen-bond acceptors (Lipinski definition) is 1. The highest BCUT2D eigenvalue weighted by molar-refractivity contribution is 5.28. The number of aromatic nitrogens is 1. The summed E-state index contributed by atoms with van der Waals surface area (Å²) < 4.78 is 0. The fourth-order valence-electron chi connectivity index (χ4n) is 2.77. The lowest BCUT2D eigenvalue weighted by atomic mass is 9.71. The molecule has 2 rings (SSSR count). The monoisotopic (exact) mass is 245 g/mol. The van der Waals surface area contributed by atoms with E-state index < -0.39 is 0 Å². The summed E-state index contributed by atoms with van der Waals surface area (Å²) in [6.07, 6.45) is 3.65. The highest BCUT2D eigenvalue weighted by atomic mass is 14.7. The van der Waals surface area contributed by atoms with Gasteiger partial charge in [-0.15, -0.1) is 0 Å². The molecule has 0 radical (unpaired) electrons. The molecule has 1 nitrogen and oxygen atoms in total. The average Bonchev–Trinajstić information content (AvgIpc) is 2.25. The topological polar surface area (TPSA) is 12.9 Å². The van der Waals surface area contributed by atoms with E-state index >= 15 is 0 Å². The summed E-state index contributed by atoms with van der Waals surface area (Å²) >= 11 is 0. The van der Waals surface area contributed by atoms with Crippen molar-refractivity contribution in [2.24, 2.45) is 11.3 Å². The van der Waals surface area contributed by atoms with Gasteiger partial charge < -0.3 is 0 Å². The molecule has 0 saturated heterocycles. The Hall–Kier alpha value is -0.850. The number of aryl methyl sites for hydroxylation is 1. The fourth-order valence-corrected chi connectivity index (χ4v) is 2.77. The Morgan fingerprint density at radius 1 is 1.06 bits per heavy atom. The number of nitrogens with zero attached hydrogens (tertiary/aromatic N) is 1. The number of rotatable bonds is 0. The zero-order valence-corrected chi connectivity index (χ0v) is 12.8. The molecule has 1 aromatic rings. The molecule has 1 aromatic heterocycles. The van der Waals surface area contributed by atoms with Crippen molar-refractivity contribution >= 4 is 0 Å². The first-order valence-electron chi connectivity index (χ1n) is 7.17. The summed E-state index contributed by atoms with van der Waals surface area (Å²) in [5, 5.41) is 0. The lowest BCUT2D eigenvalue weighted by Crippen LogP contribution is -2.28. The Morgan fingerprint density at radius 3 is 2.28 bits per heavy atom. The molecule has 1 heteroatoms. The molecule has 1 heterocycles. The molecule has 0 aromatic carbocycles. The largest absolute Gasteiger partial charge is 0.257 e. The maximum atomic E-state index is 4.90. The molecule has 0 aliphatic heterocycles. The molecular formula is C17H27N. The summed E-state index contributed by atoms with van der Waals surface area (Å²) in [6.45, 7) is 13.8. The molecule has 0 N–H and O–H groups in total. The van der Waals surface area contributed by atoms with Crippen molar-refractivity contribution in [3.05, 3.63) is 29.1 Å². The highest BCUT2D eigenvalue weighted by Crippen LogP contribution is 2.37. The predicted molar refractivity (Wildman–Crippen MR) is 77.9 cm³/mol. The molecular weight excluding hydrogens is 218 g/mol. The van der Waals surface area contributed by atoms with Crippen LogP contribution in [0.15, 0.2) is 12.1 Å². The van der Waals surface area contributed by atoms with Crippen molar-refractivity contribution in [3.63, 3.8) is 0 Å². The van der Waals surface area contributed by atoms with E-state index in [1.165, 1.54) is 29.8 Å². The molecule has 0 fully saturated rings. The van der Waals surface area contributed by atoms with Crippen LogP contribution in [0.25, 0.3) is 0 Å². The second kappa shape index (κ2) is 4.36. The van der Waals surface area contributed by atoms with Gasteiger partial charge in [-0.3, -0.25) is 4.98 Å². The summed E-state index contributed by atoms with van der Waals surface area (Å²) in [4.78, 5) is 4.90. The normalized spacial score (nSPS) is 20.7. The van der Waals surface area contributed by atoms with Crippen molar-refractivity contribution in [1.82, 2.24) is 4.98 Å². The molecule has 18 heavy (non-hydrogen) atoms. The molecule has 1 atom stereocenters. The Labute approximate surface area is 112 Å². The quantitative estimate of drug-likeness (QED) is 0.654. The van der Waals surface area contributed by atoms with Gasteiger partial charge in [-0.1, -0.05) is 47.6 Å². The third kappa shape index (κ3) is 2.76. The standard InChI is InChI=1S/C17H27N/c1-16(2,3)13-8-9-14-12(11-13)7-10-15(18-14)17(4,5)6/h7,10,13H,8-9,11H2,1-6H3. The van der Waals surface area contributed by atoms with Crippen LogP contribution < -0.4 is 0 Å². The molecule has 0 bridgehead atoms. The zero-order chi connectivity index (χ0) is 13.6. The van der Waals surface area contributed by atoms with Crippen LogP contribution in [0.4, 0.5) is 0 Å². The van der Waals surface area contributed by atoms with Crippen LogP contribution in [-0.2, 0) is 18.3 Å². The lowest BCUT2D eigenvalue weighted by Gasteiger charge is -2.35. The van der Waals surface area contributed by atoms with Crippen molar-refractivity contribution in [2.45, 2.75) is 66.2 Å². The fraction of sp³-hybridized carbons (Fsp3) is 0.706. The Kier molecular flexibility index (Phi) is 3.29. The third-order valence-electron chi connectivity index (χ3n) is 4.26. The van der Waals surface area contributed by atoms with Crippen LogP contribution in [0.1, 0.15) is 64.9 Å². The number of hydrogen-bond donors (Lipinski definition) is 0. The van der Waals surface area contributed by atoms with Crippen LogP contribution in [0, 0.1) is 11.3 Å². The van der Waals surface area contributed by atoms with Crippen LogP contribution in [-0.4, -0.2) is 4.98 Å². The van der Waals surface area contributed by atoms with E-state index in [0.717, 1.165) is 12.3 Å². The Morgan fingerprint density at radius 2 is 1.72 bits per heavy atom. The van der Waals surface area contributed by atoms with E-state index in [1.807, 2.05) is 0 Å². The highest BCUT2D eigenvalue weighted by Gasteiger charge is 2.29. The van der Waals surface area contributed by atoms with Crippen LogP contribution in [0.5, 0.6) is 0 Å². The summed E-state index contributed by atoms with van der Waals surface area (Å²) in [7, 11) is 0. The SMILES string of the molecule is CC(C)(C)c1ccc2c(n1)CCC(C(C)(C)C)C2. The smallest absolute Gasteiger partial charge is 0.0460 e. The van der Waals surface area contributed by atoms with Crippen LogP contribution in [0.2, 0.25) is 0 Å². The van der Waals surface area contributed by atoms with E-state index in [4.69, 9.17) is 4.98 Å². The van der Waals surface area contributed by atoms with Gasteiger partial charge in [-0.2, -0.15) is 0 Å². The van der Waals surface area contributed by atoms with E-state index in [9.17, 15) is 0 Å². The Balaban J connectivity index is 2.27. The summed E-state index contributed by atoms with van der Waals surface area (Å²) in [5.74, 6) is 0.798. The average molecular weight is 245 g/mol. The van der Waals surface area contributed by atoms with Crippen molar-refractivity contribution in [1.29, 1.82) is 0 Å². The number of fused-ring (bicyclic) bond motifs is 1. The predicted octanol–water partition coefficient (Wildman–Crippen LogP) is 4.53. The van der Waals surface area contributed by atoms with Gasteiger partial charge in [0, 0.05) is 16.8 Å². The van der Waals surface area contributed by atoms with Gasteiger partial charge in [0.2, 0.25) is 0 Å². The molecule has 1 aliphatic rings.